The van der Waals surface area contributed by atoms with Crippen molar-refractivity contribution >= 4 is 33.6 Å². The van der Waals surface area contributed by atoms with Gasteiger partial charge >= 0.3 is 0 Å². The van der Waals surface area contributed by atoms with E-state index >= 15 is 0 Å². The molecule has 3 unspecified atom stereocenters. The van der Waals surface area contributed by atoms with Gasteiger partial charge in [-0.2, -0.15) is 0 Å². The van der Waals surface area contributed by atoms with E-state index in [0.29, 0.717) is 31.0 Å². The lowest BCUT2D eigenvalue weighted by molar-refractivity contribution is -0.139. The lowest BCUT2D eigenvalue weighted by atomic mass is 9.96. The molecule has 7 heteroatoms. The van der Waals surface area contributed by atoms with Crippen molar-refractivity contribution in [2.24, 2.45) is 5.92 Å². The Kier molecular flexibility index (Phi) is 6.87. The highest BCUT2D eigenvalue weighted by Crippen LogP contribution is 2.24. The molecular weight excluding hydrogens is 408 g/mol. The predicted molar refractivity (Wildman–Crippen MR) is 109 cm³/mol. The monoisotopic (exact) mass is 436 g/mol. The van der Waals surface area contributed by atoms with Crippen molar-refractivity contribution < 1.29 is 9.59 Å². The SMILES string of the molecule is CC1CCCC(C)N1C(=O)CN1CCCC(C(=O)Nc2ccc(Br)cn2)C1. The van der Waals surface area contributed by atoms with Crippen LogP contribution in [0.3, 0.4) is 0 Å². The summed E-state index contributed by atoms with van der Waals surface area (Å²) in [7, 11) is 0. The number of halogens is 1. The third-order valence-corrected chi connectivity index (χ3v) is 6.16. The molecule has 2 saturated heterocycles. The van der Waals surface area contributed by atoms with E-state index in [2.05, 4.69) is 49.9 Å². The number of aromatic nitrogens is 1. The molecule has 2 amide bonds. The van der Waals surface area contributed by atoms with Crippen LogP contribution in [0.2, 0.25) is 0 Å². The van der Waals surface area contributed by atoms with E-state index in [-0.39, 0.29) is 17.7 Å². The van der Waals surface area contributed by atoms with Crippen molar-refractivity contribution in [3.63, 3.8) is 0 Å². The molecule has 2 aliphatic rings. The Bertz CT molecular complexity index is 656. The van der Waals surface area contributed by atoms with Crippen LogP contribution in [0.1, 0.15) is 46.0 Å². The predicted octanol–water partition coefficient (Wildman–Crippen LogP) is 3.28. The van der Waals surface area contributed by atoms with Crippen molar-refractivity contribution in [2.45, 2.75) is 58.0 Å². The minimum Gasteiger partial charge on any atom is -0.336 e. The van der Waals surface area contributed by atoms with E-state index in [9.17, 15) is 9.59 Å². The van der Waals surface area contributed by atoms with E-state index in [4.69, 9.17) is 0 Å². The van der Waals surface area contributed by atoms with Crippen molar-refractivity contribution in [1.82, 2.24) is 14.8 Å². The summed E-state index contributed by atoms with van der Waals surface area (Å²) in [4.78, 5) is 33.9. The quantitative estimate of drug-likeness (QED) is 0.785. The van der Waals surface area contributed by atoms with E-state index in [1.807, 2.05) is 6.07 Å². The van der Waals surface area contributed by atoms with Gasteiger partial charge in [0.25, 0.3) is 0 Å². The summed E-state index contributed by atoms with van der Waals surface area (Å²) in [6, 6.07) is 4.27. The lowest BCUT2D eigenvalue weighted by Gasteiger charge is -2.41. The van der Waals surface area contributed by atoms with Gasteiger partial charge in [-0.25, -0.2) is 4.98 Å². The van der Waals surface area contributed by atoms with Crippen LogP contribution in [0, 0.1) is 5.92 Å². The van der Waals surface area contributed by atoms with Crippen molar-refractivity contribution in [3.05, 3.63) is 22.8 Å². The zero-order valence-electron chi connectivity index (χ0n) is 16.2. The Morgan fingerprint density at radius 2 is 1.93 bits per heavy atom. The minimum absolute atomic E-state index is 0.0123. The van der Waals surface area contributed by atoms with Crippen molar-refractivity contribution in [2.75, 3.05) is 25.0 Å². The Morgan fingerprint density at radius 1 is 1.19 bits per heavy atom. The first kappa shape index (κ1) is 20.3. The molecule has 2 fully saturated rings. The topological polar surface area (TPSA) is 65.5 Å². The van der Waals surface area contributed by atoms with E-state index in [1.54, 1.807) is 12.3 Å². The normalized spacial score (nSPS) is 26.6. The van der Waals surface area contributed by atoms with E-state index in [0.717, 1.165) is 36.7 Å². The van der Waals surface area contributed by atoms with Gasteiger partial charge in [0.05, 0.1) is 12.5 Å². The van der Waals surface area contributed by atoms with Gasteiger partial charge in [-0.15, -0.1) is 0 Å². The number of likely N-dealkylation sites (tertiary alicyclic amines) is 2. The molecular formula is C20H29BrN4O2. The average molecular weight is 437 g/mol. The van der Waals surface area contributed by atoms with Crippen LogP contribution >= 0.6 is 15.9 Å². The van der Waals surface area contributed by atoms with E-state index < -0.39 is 0 Å². The molecule has 3 atom stereocenters. The average Bonchev–Trinajstić information content (AvgIpc) is 2.63. The standard InChI is InChI=1S/C20H29BrN4O2/c1-14-5-3-6-15(2)25(14)19(26)13-24-10-4-7-16(12-24)20(27)23-18-9-8-17(21)11-22-18/h8-9,11,14-16H,3-7,10,12-13H2,1-2H3,(H,22,23,27). The van der Waals surface area contributed by atoms with Gasteiger partial charge in [0.1, 0.15) is 5.82 Å². The number of nitrogens with zero attached hydrogens (tertiary/aromatic N) is 3. The van der Waals surface area contributed by atoms with Gasteiger partial charge in [0.2, 0.25) is 11.8 Å². The first-order chi connectivity index (χ1) is 12.9. The molecule has 3 heterocycles. The van der Waals surface area contributed by atoms with Crippen molar-refractivity contribution in [3.8, 4) is 0 Å². The largest absolute Gasteiger partial charge is 0.336 e. The first-order valence-electron chi connectivity index (χ1n) is 9.90. The highest BCUT2D eigenvalue weighted by Gasteiger charge is 2.32. The highest BCUT2D eigenvalue weighted by atomic mass is 79.9. The summed E-state index contributed by atoms with van der Waals surface area (Å²) in [6.07, 6.45) is 6.82. The molecule has 0 aromatic carbocycles. The second kappa shape index (κ2) is 9.15. The fraction of sp³-hybridized carbons (Fsp3) is 0.650. The molecule has 0 bridgehead atoms. The van der Waals surface area contributed by atoms with Crippen LogP contribution < -0.4 is 5.32 Å². The van der Waals surface area contributed by atoms with Gasteiger partial charge < -0.3 is 10.2 Å². The first-order valence-corrected chi connectivity index (χ1v) is 10.7. The van der Waals surface area contributed by atoms with Gasteiger partial charge in [0, 0.05) is 29.3 Å². The third kappa shape index (κ3) is 5.29. The Balaban J connectivity index is 1.54. The lowest BCUT2D eigenvalue weighted by Crippen LogP contribution is -2.52. The van der Waals surface area contributed by atoms with Gasteiger partial charge in [-0.3, -0.25) is 14.5 Å². The summed E-state index contributed by atoms with van der Waals surface area (Å²) in [6.45, 7) is 6.21. The molecule has 1 N–H and O–H groups in total. The summed E-state index contributed by atoms with van der Waals surface area (Å²) in [5.74, 6) is 0.646. The molecule has 2 aliphatic heterocycles. The molecule has 0 spiro atoms. The maximum atomic E-state index is 12.9. The summed E-state index contributed by atoms with van der Waals surface area (Å²) in [5, 5.41) is 2.90. The molecule has 1 aromatic rings. The third-order valence-electron chi connectivity index (χ3n) is 5.70. The number of carbonyl (C=O) groups excluding carboxylic acids is 2. The number of hydrogen-bond donors (Lipinski definition) is 1. The van der Waals surface area contributed by atoms with Gasteiger partial charge in [-0.1, -0.05) is 0 Å². The second-order valence-corrected chi connectivity index (χ2v) is 8.77. The second-order valence-electron chi connectivity index (χ2n) is 7.86. The number of carbonyl (C=O) groups is 2. The fourth-order valence-corrected chi connectivity index (χ4v) is 4.51. The Morgan fingerprint density at radius 3 is 2.59 bits per heavy atom. The molecule has 1 aromatic heterocycles. The van der Waals surface area contributed by atoms with Crippen LogP contribution in [0.15, 0.2) is 22.8 Å². The number of amides is 2. The summed E-state index contributed by atoms with van der Waals surface area (Å²) >= 11 is 3.34. The molecule has 6 nitrogen and oxygen atoms in total. The van der Waals surface area contributed by atoms with Gasteiger partial charge in [0.15, 0.2) is 0 Å². The number of nitrogens with one attached hydrogen (secondary N) is 1. The van der Waals surface area contributed by atoms with Crippen LogP contribution in [0.4, 0.5) is 5.82 Å². The highest BCUT2D eigenvalue weighted by molar-refractivity contribution is 9.10. The number of anilines is 1. The van der Waals surface area contributed by atoms with E-state index in [1.165, 1.54) is 6.42 Å². The Hall–Kier alpha value is -1.47. The molecule has 0 radical (unpaired) electrons. The maximum Gasteiger partial charge on any atom is 0.237 e. The fourth-order valence-electron chi connectivity index (χ4n) is 4.28. The molecule has 148 valence electrons. The number of rotatable bonds is 4. The van der Waals surface area contributed by atoms with Gasteiger partial charge in [-0.05, 0) is 80.6 Å². The summed E-state index contributed by atoms with van der Waals surface area (Å²) in [5.41, 5.74) is 0. The molecule has 27 heavy (non-hydrogen) atoms. The number of pyridine rings is 1. The zero-order chi connectivity index (χ0) is 19.4. The smallest absolute Gasteiger partial charge is 0.237 e. The maximum absolute atomic E-state index is 12.9. The Labute approximate surface area is 169 Å². The van der Waals surface area contributed by atoms with Crippen LogP contribution in [0.5, 0.6) is 0 Å². The van der Waals surface area contributed by atoms with Crippen molar-refractivity contribution in [1.29, 1.82) is 0 Å². The number of piperidine rings is 2. The zero-order valence-corrected chi connectivity index (χ0v) is 17.7. The molecule has 0 aliphatic carbocycles. The number of hydrogen-bond acceptors (Lipinski definition) is 4. The molecule has 0 saturated carbocycles. The van der Waals surface area contributed by atoms with Crippen LogP contribution in [-0.4, -0.2) is 58.3 Å². The minimum atomic E-state index is -0.104. The van der Waals surface area contributed by atoms with Crippen LogP contribution in [-0.2, 0) is 9.59 Å². The molecule has 3 rings (SSSR count). The van der Waals surface area contributed by atoms with Crippen LogP contribution in [0.25, 0.3) is 0 Å². The summed E-state index contributed by atoms with van der Waals surface area (Å²) < 4.78 is 0.879.